The van der Waals surface area contributed by atoms with Crippen molar-refractivity contribution in [3.8, 4) is 11.3 Å². The van der Waals surface area contributed by atoms with E-state index in [1.54, 1.807) is 12.1 Å². The maximum Gasteiger partial charge on any atom is 0.347 e. The van der Waals surface area contributed by atoms with Gasteiger partial charge >= 0.3 is 5.63 Å². The van der Waals surface area contributed by atoms with Gasteiger partial charge in [-0.15, -0.1) is 0 Å². The van der Waals surface area contributed by atoms with Crippen LogP contribution in [0.3, 0.4) is 0 Å². The van der Waals surface area contributed by atoms with Gasteiger partial charge in [0.15, 0.2) is 5.58 Å². The average molecular weight is 341 g/mol. The van der Waals surface area contributed by atoms with Gasteiger partial charge in [-0.1, -0.05) is 46.3 Å². The standard InChI is InChI=1S/C17H9BrO3/c18-11-6-7-14-12(8-11)16-13(17(19)21-14)9-15(20-16)10-4-2-1-3-5-10/h1-9H. The van der Waals surface area contributed by atoms with Gasteiger partial charge in [0, 0.05) is 10.0 Å². The molecule has 0 N–H and O–H groups in total. The molecular formula is C17H9BrO3. The molecule has 2 heterocycles. The Hall–Kier alpha value is -2.33. The summed E-state index contributed by atoms with van der Waals surface area (Å²) in [7, 11) is 0. The molecule has 3 nitrogen and oxygen atoms in total. The van der Waals surface area contributed by atoms with E-state index in [1.165, 1.54) is 0 Å². The van der Waals surface area contributed by atoms with Crippen LogP contribution in [-0.2, 0) is 0 Å². The summed E-state index contributed by atoms with van der Waals surface area (Å²) in [4.78, 5) is 12.1. The molecule has 0 aliphatic heterocycles. The summed E-state index contributed by atoms with van der Waals surface area (Å²) in [6, 6.07) is 16.9. The molecule has 0 saturated carbocycles. The minimum atomic E-state index is -0.384. The topological polar surface area (TPSA) is 43.4 Å². The number of halogens is 1. The van der Waals surface area contributed by atoms with Gasteiger partial charge in [-0.25, -0.2) is 4.79 Å². The zero-order chi connectivity index (χ0) is 14.4. The molecule has 0 fully saturated rings. The highest BCUT2D eigenvalue weighted by atomic mass is 79.9. The van der Waals surface area contributed by atoms with E-state index >= 15 is 0 Å². The maximum absolute atomic E-state index is 12.1. The van der Waals surface area contributed by atoms with Crippen molar-refractivity contribution in [3.05, 3.63) is 69.5 Å². The maximum atomic E-state index is 12.1. The molecule has 4 aromatic rings. The normalized spacial score (nSPS) is 11.3. The van der Waals surface area contributed by atoms with Crippen molar-refractivity contribution in [3.63, 3.8) is 0 Å². The van der Waals surface area contributed by atoms with Crippen molar-refractivity contribution >= 4 is 37.9 Å². The van der Waals surface area contributed by atoms with Crippen LogP contribution >= 0.6 is 15.9 Å². The van der Waals surface area contributed by atoms with E-state index in [1.807, 2.05) is 42.5 Å². The Bertz CT molecular complexity index is 1010. The Morgan fingerprint density at radius 1 is 0.857 bits per heavy atom. The van der Waals surface area contributed by atoms with Crippen LogP contribution < -0.4 is 5.63 Å². The summed E-state index contributed by atoms with van der Waals surface area (Å²) in [6.45, 7) is 0. The molecule has 0 saturated heterocycles. The second-order valence-corrected chi connectivity index (χ2v) is 5.67. The Labute approximate surface area is 127 Å². The molecule has 4 heteroatoms. The third-order valence-electron chi connectivity index (χ3n) is 3.40. The Balaban J connectivity index is 2.11. The van der Waals surface area contributed by atoms with Gasteiger partial charge in [0.1, 0.15) is 16.7 Å². The quantitative estimate of drug-likeness (QED) is 0.459. The van der Waals surface area contributed by atoms with Gasteiger partial charge in [-0.3, -0.25) is 0 Å². The number of furan rings is 1. The largest absolute Gasteiger partial charge is 0.455 e. The van der Waals surface area contributed by atoms with E-state index in [2.05, 4.69) is 15.9 Å². The molecule has 0 radical (unpaired) electrons. The predicted molar refractivity (Wildman–Crippen MR) is 85.4 cm³/mol. The highest BCUT2D eigenvalue weighted by Crippen LogP contribution is 2.31. The van der Waals surface area contributed by atoms with Crippen molar-refractivity contribution < 1.29 is 8.83 Å². The van der Waals surface area contributed by atoms with Crippen LogP contribution in [0.25, 0.3) is 33.3 Å². The molecule has 2 aromatic heterocycles. The average Bonchev–Trinajstić information content (AvgIpc) is 2.95. The van der Waals surface area contributed by atoms with Gasteiger partial charge in [0.2, 0.25) is 0 Å². The lowest BCUT2D eigenvalue weighted by atomic mass is 10.1. The molecule has 0 amide bonds. The molecule has 0 spiro atoms. The van der Waals surface area contributed by atoms with Crippen molar-refractivity contribution in [2.75, 3.05) is 0 Å². The van der Waals surface area contributed by atoms with Crippen molar-refractivity contribution in [2.24, 2.45) is 0 Å². The number of benzene rings is 2. The van der Waals surface area contributed by atoms with Crippen molar-refractivity contribution in [1.82, 2.24) is 0 Å². The van der Waals surface area contributed by atoms with Crippen LogP contribution in [0.15, 0.2) is 72.7 Å². The third kappa shape index (κ3) is 1.99. The Morgan fingerprint density at radius 2 is 1.67 bits per heavy atom. The Kier molecular flexibility index (Phi) is 2.72. The first-order valence-corrected chi connectivity index (χ1v) is 7.23. The monoisotopic (exact) mass is 340 g/mol. The molecule has 0 unspecified atom stereocenters. The van der Waals surface area contributed by atoms with Gasteiger partial charge < -0.3 is 8.83 Å². The molecular weight excluding hydrogens is 332 g/mol. The molecule has 0 aliphatic carbocycles. The fourth-order valence-corrected chi connectivity index (χ4v) is 2.77. The van der Waals surface area contributed by atoms with Crippen LogP contribution in [0.2, 0.25) is 0 Å². The van der Waals surface area contributed by atoms with Gasteiger partial charge in [0.05, 0.1) is 5.39 Å². The number of hydrogen-bond acceptors (Lipinski definition) is 3. The molecule has 4 rings (SSSR count). The molecule has 21 heavy (non-hydrogen) atoms. The number of hydrogen-bond donors (Lipinski definition) is 0. The predicted octanol–water partition coefficient (Wildman–Crippen LogP) is 4.97. The summed E-state index contributed by atoms with van der Waals surface area (Å²) < 4.78 is 12.2. The first-order valence-electron chi connectivity index (χ1n) is 6.44. The second-order valence-electron chi connectivity index (χ2n) is 4.75. The highest BCUT2D eigenvalue weighted by Gasteiger charge is 2.14. The van der Waals surface area contributed by atoms with Gasteiger partial charge in [0.25, 0.3) is 0 Å². The zero-order valence-electron chi connectivity index (χ0n) is 10.8. The van der Waals surface area contributed by atoms with E-state index in [-0.39, 0.29) is 5.63 Å². The number of fused-ring (bicyclic) bond motifs is 3. The third-order valence-corrected chi connectivity index (χ3v) is 3.89. The highest BCUT2D eigenvalue weighted by molar-refractivity contribution is 9.10. The summed E-state index contributed by atoms with van der Waals surface area (Å²) in [5.74, 6) is 0.658. The van der Waals surface area contributed by atoms with E-state index in [0.29, 0.717) is 22.3 Å². The molecule has 0 atom stereocenters. The first-order chi connectivity index (χ1) is 10.2. The fourth-order valence-electron chi connectivity index (χ4n) is 2.41. The lowest BCUT2D eigenvalue weighted by Crippen LogP contribution is -1.97. The lowest BCUT2D eigenvalue weighted by Gasteiger charge is -1.98. The summed E-state index contributed by atoms with van der Waals surface area (Å²) in [5.41, 5.74) is 1.62. The van der Waals surface area contributed by atoms with E-state index < -0.39 is 0 Å². The minimum absolute atomic E-state index is 0.384. The van der Waals surface area contributed by atoms with Gasteiger partial charge in [-0.05, 0) is 24.3 Å². The van der Waals surface area contributed by atoms with Gasteiger partial charge in [-0.2, -0.15) is 0 Å². The van der Waals surface area contributed by atoms with Crippen LogP contribution in [0.5, 0.6) is 0 Å². The second kappa shape index (κ2) is 4.60. The molecule has 0 bridgehead atoms. The fraction of sp³-hybridized carbons (Fsp3) is 0. The molecule has 102 valence electrons. The number of rotatable bonds is 1. The van der Waals surface area contributed by atoms with Crippen molar-refractivity contribution in [1.29, 1.82) is 0 Å². The SMILES string of the molecule is O=c1oc2ccc(Br)cc2c2oc(-c3ccccc3)cc12. The minimum Gasteiger partial charge on any atom is -0.455 e. The Morgan fingerprint density at radius 3 is 2.48 bits per heavy atom. The van der Waals surface area contributed by atoms with E-state index in [0.717, 1.165) is 15.4 Å². The zero-order valence-corrected chi connectivity index (χ0v) is 12.4. The van der Waals surface area contributed by atoms with Crippen LogP contribution in [0, 0.1) is 0 Å². The van der Waals surface area contributed by atoms with Crippen LogP contribution in [-0.4, -0.2) is 0 Å². The van der Waals surface area contributed by atoms with Crippen molar-refractivity contribution in [2.45, 2.75) is 0 Å². The van der Waals surface area contributed by atoms with E-state index in [4.69, 9.17) is 8.83 Å². The van der Waals surface area contributed by atoms with E-state index in [9.17, 15) is 4.79 Å². The lowest BCUT2D eigenvalue weighted by molar-refractivity contribution is 0.565. The molecule has 2 aromatic carbocycles. The van der Waals surface area contributed by atoms with Crippen LogP contribution in [0.1, 0.15) is 0 Å². The summed E-state index contributed by atoms with van der Waals surface area (Å²) >= 11 is 3.43. The summed E-state index contributed by atoms with van der Waals surface area (Å²) in [6.07, 6.45) is 0. The first kappa shape index (κ1) is 12.4. The smallest absolute Gasteiger partial charge is 0.347 e. The molecule has 0 aliphatic rings. The van der Waals surface area contributed by atoms with Crippen LogP contribution in [0.4, 0.5) is 0 Å². The summed E-state index contributed by atoms with van der Waals surface area (Å²) in [5, 5.41) is 1.24.